The first-order valence-electron chi connectivity index (χ1n) is 5.45. The molecule has 0 saturated heterocycles. The Morgan fingerprint density at radius 3 is 3.18 bits per heavy atom. The summed E-state index contributed by atoms with van der Waals surface area (Å²) < 4.78 is 2.77. The average Bonchev–Trinajstić information content (AvgIpc) is 2.74. The number of halogens is 1. The maximum Gasteiger partial charge on any atom is 0.180 e. The van der Waals surface area contributed by atoms with E-state index in [1.165, 1.54) is 0 Å². The number of rotatable bonds is 5. The molecular formula is C11H15BrN4S. The smallest absolute Gasteiger partial charge is 0.180 e. The fourth-order valence-electron chi connectivity index (χ4n) is 1.60. The topological polar surface area (TPSA) is 42.2 Å². The van der Waals surface area contributed by atoms with Gasteiger partial charge < -0.3 is 9.72 Å². The van der Waals surface area contributed by atoms with Gasteiger partial charge in [0.15, 0.2) is 11.5 Å². The zero-order valence-electron chi connectivity index (χ0n) is 9.85. The number of fused-ring (bicyclic) bond motifs is 1. The average molecular weight is 315 g/mol. The van der Waals surface area contributed by atoms with Crippen LogP contribution in [0.5, 0.6) is 0 Å². The lowest BCUT2D eigenvalue weighted by atomic mass is 10.2. The zero-order chi connectivity index (χ0) is 12.3. The summed E-state index contributed by atoms with van der Waals surface area (Å²) in [6.07, 6.45) is 8.83. The maximum absolute atomic E-state index is 4.44. The molecule has 0 radical (unpaired) electrons. The Morgan fingerprint density at radius 1 is 1.59 bits per heavy atom. The second-order valence-electron chi connectivity index (χ2n) is 3.90. The molecular weight excluding hydrogens is 300 g/mol. The molecule has 2 heterocycles. The van der Waals surface area contributed by atoms with Crippen molar-refractivity contribution < 1.29 is 0 Å². The zero-order valence-corrected chi connectivity index (χ0v) is 12.3. The minimum absolute atomic E-state index is 0.393. The standard InChI is InChI=1S/C11H15BrN4S/c1-8(3-6-17-2)14-10-11-13-4-5-16(11)7-9(12)15-10/h4-5,7-8H,3,6H2,1-2H3,(H,14,15). The molecule has 1 atom stereocenters. The molecule has 0 aliphatic heterocycles. The number of imidazole rings is 1. The largest absolute Gasteiger partial charge is 0.364 e. The molecule has 0 bridgehead atoms. The quantitative estimate of drug-likeness (QED) is 0.921. The molecule has 92 valence electrons. The molecule has 0 aromatic carbocycles. The molecule has 17 heavy (non-hydrogen) atoms. The van der Waals surface area contributed by atoms with Crippen LogP contribution < -0.4 is 5.32 Å². The molecule has 6 heteroatoms. The van der Waals surface area contributed by atoms with Crippen LogP contribution in [0.15, 0.2) is 23.2 Å². The number of thioether (sulfide) groups is 1. The predicted octanol–water partition coefficient (Wildman–Crippen LogP) is 3.05. The highest BCUT2D eigenvalue weighted by atomic mass is 79.9. The van der Waals surface area contributed by atoms with Crippen LogP contribution in [0.25, 0.3) is 5.65 Å². The van der Waals surface area contributed by atoms with E-state index in [9.17, 15) is 0 Å². The van der Waals surface area contributed by atoms with E-state index in [1.807, 2.05) is 28.6 Å². The van der Waals surface area contributed by atoms with Crippen LogP contribution in [0.3, 0.4) is 0 Å². The molecule has 2 rings (SSSR count). The molecule has 0 aliphatic carbocycles. The van der Waals surface area contributed by atoms with Gasteiger partial charge in [0.05, 0.1) is 0 Å². The first-order valence-corrected chi connectivity index (χ1v) is 7.64. The van der Waals surface area contributed by atoms with Crippen LogP contribution in [0, 0.1) is 0 Å². The normalized spacial score (nSPS) is 12.9. The van der Waals surface area contributed by atoms with Crippen LogP contribution in [0.4, 0.5) is 5.82 Å². The third-order valence-corrected chi connectivity index (χ3v) is 3.51. The van der Waals surface area contributed by atoms with Gasteiger partial charge in [-0.1, -0.05) is 0 Å². The van der Waals surface area contributed by atoms with E-state index in [0.29, 0.717) is 6.04 Å². The van der Waals surface area contributed by atoms with Crippen molar-refractivity contribution in [2.75, 3.05) is 17.3 Å². The molecule has 4 nitrogen and oxygen atoms in total. The van der Waals surface area contributed by atoms with Gasteiger partial charge in [0.25, 0.3) is 0 Å². The van der Waals surface area contributed by atoms with E-state index in [-0.39, 0.29) is 0 Å². The molecule has 2 aromatic rings. The highest BCUT2D eigenvalue weighted by Crippen LogP contribution is 2.18. The lowest BCUT2D eigenvalue weighted by molar-refractivity contribution is 0.766. The van der Waals surface area contributed by atoms with Gasteiger partial charge >= 0.3 is 0 Å². The minimum Gasteiger partial charge on any atom is -0.364 e. The number of aromatic nitrogens is 3. The van der Waals surface area contributed by atoms with Crippen molar-refractivity contribution in [3.05, 3.63) is 23.2 Å². The summed E-state index contributed by atoms with van der Waals surface area (Å²) in [5, 5.41) is 3.41. The number of anilines is 1. The van der Waals surface area contributed by atoms with Gasteiger partial charge in [-0.15, -0.1) is 0 Å². The van der Waals surface area contributed by atoms with Crippen LogP contribution in [0.2, 0.25) is 0 Å². The number of nitrogens with zero attached hydrogens (tertiary/aromatic N) is 3. The monoisotopic (exact) mass is 314 g/mol. The third-order valence-electron chi connectivity index (χ3n) is 2.48. The first-order chi connectivity index (χ1) is 8.20. The van der Waals surface area contributed by atoms with E-state index in [0.717, 1.165) is 28.2 Å². The molecule has 0 spiro atoms. The molecule has 0 aliphatic rings. The van der Waals surface area contributed by atoms with Crippen molar-refractivity contribution >= 4 is 39.2 Å². The van der Waals surface area contributed by atoms with Gasteiger partial charge in [-0.25, -0.2) is 9.97 Å². The predicted molar refractivity (Wildman–Crippen MR) is 76.8 cm³/mol. The summed E-state index contributed by atoms with van der Waals surface area (Å²) in [4.78, 5) is 8.74. The van der Waals surface area contributed by atoms with Gasteiger partial charge in [-0.2, -0.15) is 11.8 Å². The number of hydrogen-bond donors (Lipinski definition) is 1. The van der Waals surface area contributed by atoms with E-state index < -0.39 is 0 Å². The van der Waals surface area contributed by atoms with Gasteiger partial charge in [0.1, 0.15) is 4.60 Å². The summed E-state index contributed by atoms with van der Waals surface area (Å²) in [5.74, 6) is 1.98. The molecule has 0 amide bonds. The van der Waals surface area contributed by atoms with E-state index in [4.69, 9.17) is 0 Å². The van der Waals surface area contributed by atoms with Crippen molar-refractivity contribution in [1.82, 2.24) is 14.4 Å². The fourth-order valence-corrected chi connectivity index (χ4v) is 2.59. The lowest BCUT2D eigenvalue weighted by Crippen LogP contribution is -2.17. The van der Waals surface area contributed by atoms with Crippen LogP contribution in [-0.2, 0) is 0 Å². The van der Waals surface area contributed by atoms with Crippen LogP contribution >= 0.6 is 27.7 Å². The second-order valence-corrected chi connectivity index (χ2v) is 5.70. The second kappa shape index (κ2) is 5.73. The Labute approximate surface area is 113 Å². The van der Waals surface area contributed by atoms with Gasteiger partial charge in [-0.3, -0.25) is 0 Å². The molecule has 0 saturated carbocycles. The van der Waals surface area contributed by atoms with Crippen molar-refractivity contribution in [2.45, 2.75) is 19.4 Å². The Morgan fingerprint density at radius 2 is 2.41 bits per heavy atom. The Kier molecular flexibility index (Phi) is 4.28. The van der Waals surface area contributed by atoms with Crippen LogP contribution in [-0.4, -0.2) is 32.4 Å². The summed E-state index contributed by atoms with van der Waals surface area (Å²) >= 11 is 5.27. The highest BCUT2D eigenvalue weighted by molar-refractivity contribution is 9.10. The summed E-state index contributed by atoms with van der Waals surface area (Å²) in [7, 11) is 0. The summed E-state index contributed by atoms with van der Waals surface area (Å²) in [6, 6.07) is 0.393. The highest BCUT2D eigenvalue weighted by Gasteiger charge is 2.09. The SMILES string of the molecule is CSCCC(C)Nc1nc(Br)cn2ccnc12. The van der Waals surface area contributed by atoms with Gasteiger partial charge in [-0.05, 0) is 41.3 Å². The first kappa shape index (κ1) is 12.7. The fraction of sp³-hybridized carbons (Fsp3) is 0.455. The van der Waals surface area contributed by atoms with Crippen molar-refractivity contribution in [1.29, 1.82) is 0 Å². The van der Waals surface area contributed by atoms with Crippen LogP contribution in [0.1, 0.15) is 13.3 Å². The molecule has 0 fully saturated rings. The molecule has 2 aromatic heterocycles. The number of nitrogens with one attached hydrogen (secondary N) is 1. The van der Waals surface area contributed by atoms with E-state index in [2.05, 4.69) is 44.4 Å². The summed E-state index contributed by atoms with van der Waals surface area (Å²) in [6.45, 7) is 2.16. The Bertz CT molecular complexity index is 499. The maximum atomic E-state index is 4.44. The van der Waals surface area contributed by atoms with Crippen molar-refractivity contribution in [3.63, 3.8) is 0 Å². The minimum atomic E-state index is 0.393. The van der Waals surface area contributed by atoms with E-state index in [1.54, 1.807) is 6.20 Å². The molecule has 1 N–H and O–H groups in total. The van der Waals surface area contributed by atoms with Gasteiger partial charge in [0, 0.05) is 24.6 Å². The lowest BCUT2D eigenvalue weighted by Gasteiger charge is -2.14. The third kappa shape index (κ3) is 3.13. The van der Waals surface area contributed by atoms with Crippen molar-refractivity contribution in [2.24, 2.45) is 0 Å². The van der Waals surface area contributed by atoms with Gasteiger partial charge in [0.2, 0.25) is 0 Å². The Hall–Kier alpha value is -0.750. The Balaban J connectivity index is 2.19. The number of hydrogen-bond acceptors (Lipinski definition) is 4. The van der Waals surface area contributed by atoms with E-state index >= 15 is 0 Å². The summed E-state index contributed by atoms with van der Waals surface area (Å²) in [5.41, 5.74) is 0.865. The van der Waals surface area contributed by atoms with Crippen molar-refractivity contribution in [3.8, 4) is 0 Å². The molecule has 1 unspecified atom stereocenters.